The van der Waals surface area contributed by atoms with Crippen LogP contribution in [0.2, 0.25) is 0 Å². The van der Waals surface area contributed by atoms with Crippen molar-refractivity contribution < 1.29 is 14.0 Å². The summed E-state index contributed by atoms with van der Waals surface area (Å²) >= 11 is 0. The highest BCUT2D eigenvalue weighted by atomic mass is 16.5. The number of nitrogens with one attached hydrogen (secondary N) is 1. The Morgan fingerprint density at radius 1 is 1.33 bits per heavy atom. The van der Waals surface area contributed by atoms with Crippen LogP contribution in [-0.2, 0) is 16.1 Å². The molecule has 6 nitrogen and oxygen atoms in total. The van der Waals surface area contributed by atoms with Crippen LogP contribution in [0, 0.1) is 0 Å². The van der Waals surface area contributed by atoms with Gasteiger partial charge in [0.15, 0.2) is 0 Å². The lowest BCUT2D eigenvalue weighted by Crippen LogP contribution is -2.58. The van der Waals surface area contributed by atoms with Crippen LogP contribution < -0.4 is 5.32 Å². The summed E-state index contributed by atoms with van der Waals surface area (Å²) in [5, 5.41) is 7.18. The average molecular weight is 289 g/mol. The summed E-state index contributed by atoms with van der Waals surface area (Å²) in [5.41, 5.74) is 0.859. The van der Waals surface area contributed by atoms with Crippen molar-refractivity contribution in [3.05, 3.63) is 47.6 Å². The third-order valence-electron chi connectivity index (χ3n) is 3.60. The first-order valence-electron chi connectivity index (χ1n) is 6.95. The summed E-state index contributed by atoms with van der Waals surface area (Å²) in [5.74, 6) is 0.982. The van der Waals surface area contributed by atoms with E-state index in [1.54, 1.807) is 7.11 Å². The van der Waals surface area contributed by atoms with Gasteiger partial charge in [0.2, 0.25) is 5.82 Å². The van der Waals surface area contributed by atoms with Gasteiger partial charge < -0.3 is 19.3 Å². The maximum Gasteiger partial charge on any atom is 0.252 e. The van der Waals surface area contributed by atoms with Crippen LogP contribution >= 0.6 is 0 Å². The van der Waals surface area contributed by atoms with E-state index in [-0.39, 0.29) is 11.7 Å². The SMILES string of the molecule is COC(c1ccccc1)c1noc(COC2(C)CNC2)n1. The first-order valence-corrected chi connectivity index (χ1v) is 6.95. The van der Waals surface area contributed by atoms with Crippen LogP contribution in [0.4, 0.5) is 0 Å². The second-order valence-electron chi connectivity index (χ2n) is 5.41. The highest BCUT2D eigenvalue weighted by Gasteiger charge is 2.33. The molecule has 112 valence electrons. The minimum absolute atomic E-state index is 0.130. The van der Waals surface area contributed by atoms with E-state index in [1.165, 1.54) is 0 Å². The summed E-state index contributed by atoms with van der Waals surface area (Å²) in [6.07, 6.45) is -0.329. The molecule has 0 bridgehead atoms. The predicted octanol–water partition coefficient (Wildman–Crippen LogP) is 1.68. The van der Waals surface area contributed by atoms with Crippen molar-refractivity contribution in [2.75, 3.05) is 20.2 Å². The monoisotopic (exact) mass is 289 g/mol. The maximum atomic E-state index is 5.78. The fraction of sp³-hybridized carbons (Fsp3) is 0.467. The van der Waals surface area contributed by atoms with E-state index in [0.29, 0.717) is 18.3 Å². The molecule has 0 amide bonds. The van der Waals surface area contributed by atoms with Gasteiger partial charge in [-0.05, 0) is 12.5 Å². The molecule has 1 saturated heterocycles. The molecule has 6 heteroatoms. The second-order valence-corrected chi connectivity index (χ2v) is 5.41. The first kappa shape index (κ1) is 14.2. The Labute approximate surface area is 123 Å². The lowest BCUT2D eigenvalue weighted by atomic mass is 10.0. The molecule has 1 unspecified atom stereocenters. The van der Waals surface area contributed by atoms with Crippen molar-refractivity contribution >= 4 is 0 Å². The molecular weight excluding hydrogens is 270 g/mol. The number of hydrogen-bond donors (Lipinski definition) is 1. The van der Waals surface area contributed by atoms with Gasteiger partial charge in [0.25, 0.3) is 5.89 Å². The van der Waals surface area contributed by atoms with Crippen molar-refractivity contribution in [3.63, 3.8) is 0 Å². The fourth-order valence-electron chi connectivity index (χ4n) is 2.27. The molecule has 1 N–H and O–H groups in total. The molecule has 1 aromatic heterocycles. The smallest absolute Gasteiger partial charge is 0.252 e. The molecular formula is C15H19N3O3. The van der Waals surface area contributed by atoms with Gasteiger partial charge >= 0.3 is 0 Å². The van der Waals surface area contributed by atoms with Crippen molar-refractivity contribution in [2.24, 2.45) is 0 Å². The van der Waals surface area contributed by atoms with E-state index in [1.807, 2.05) is 30.3 Å². The summed E-state index contributed by atoms with van der Waals surface area (Å²) < 4.78 is 16.5. The molecule has 1 aliphatic heterocycles. The quantitative estimate of drug-likeness (QED) is 0.872. The molecule has 0 aliphatic carbocycles. The van der Waals surface area contributed by atoms with Crippen molar-refractivity contribution in [1.29, 1.82) is 0 Å². The summed E-state index contributed by atoms with van der Waals surface area (Å²) in [7, 11) is 1.63. The maximum absolute atomic E-state index is 5.78. The second kappa shape index (κ2) is 5.93. The van der Waals surface area contributed by atoms with Gasteiger partial charge in [0.05, 0.1) is 5.60 Å². The molecule has 0 spiro atoms. The molecule has 0 saturated carbocycles. The zero-order valence-corrected chi connectivity index (χ0v) is 12.2. The van der Waals surface area contributed by atoms with Crippen LogP contribution in [-0.4, -0.2) is 35.9 Å². The van der Waals surface area contributed by atoms with E-state index >= 15 is 0 Å². The topological polar surface area (TPSA) is 69.4 Å². The molecule has 21 heavy (non-hydrogen) atoms. The Balaban J connectivity index is 1.68. The summed E-state index contributed by atoms with van der Waals surface area (Å²) in [4.78, 5) is 4.37. The molecule has 0 radical (unpaired) electrons. The lowest BCUT2D eigenvalue weighted by molar-refractivity contribution is -0.0841. The highest BCUT2D eigenvalue weighted by Crippen LogP contribution is 2.23. The third-order valence-corrected chi connectivity index (χ3v) is 3.60. The standard InChI is InChI=1S/C15H19N3O3/c1-15(9-16-10-15)20-8-12-17-14(18-21-12)13(19-2)11-6-4-3-5-7-11/h3-7,13,16H,8-10H2,1-2H3. The number of benzene rings is 1. The number of methoxy groups -OCH3 is 1. The van der Waals surface area contributed by atoms with Gasteiger partial charge in [-0.15, -0.1) is 0 Å². The van der Waals surface area contributed by atoms with Crippen LogP contribution in [0.15, 0.2) is 34.9 Å². The number of hydrogen-bond acceptors (Lipinski definition) is 6. The Morgan fingerprint density at radius 2 is 2.10 bits per heavy atom. The first-order chi connectivity index (χ1) is 10.2. The minimum atomic E-state index is -0.329. The van der Waals surface area contributed by atoms with E-state index < -0.39 is 0 Å². The van der Waals surface area contributed by atoms with E-state index in [9.17, 15) is 0 Å². The Bertz CT molecular complexity index is 581. The minimum Gasteiger partial charge on any atom is -0.369 e. The number of nitrogens with zero attached hydrogens (tertiary/aromatic N) is 2. The number of rotatable bonds is 6. The van der Waals surface area contributed by atoms with Crippen molar-refractivity contribution in [1.82, 2.24) is 15.5 Å². The van der Waals surface area contributed by atoms with Crippen LogP contribution in [0.3, 0.4) is 0 Å². The molecule has 3 rings (SSSR count). The van der Waals surface area contributed by atoms with Gasteiger partial charge in [-0.1, -0.05) is 35.5 Å². The van der Waals surface area contributed by atoms with Crippen molar-refractivity contribution in [2.45, 2.75) is 25.2 Å². The predicted molar refractivity (Wildman–Crippen MR) is 75.7 cm³/mol. The number of ether oxygens (including phenoxy) is 2. The van der Waals surface area contributed by atoms with Crippen LogP contribution in [0.1, 0.15) is 30.3 Å². The zero-order valence-electron chi connectivity index (χ0n) is 12.2. The van der Waals surface area contributed by atoms with Gasteiger partial charge in [0.1, 0.15) is 12.7 Å². The molecule has 1 aromatic carbocycles. The van der Waals surface area contributed by atoms with Crippen molar-refractivity contribution in [3.8, 4) is 0 Å². The van der Waals surface area contributed by atoms with E-state index in [4.69, 9.17) is 14.0 Å². The molecule has 1 fully saturated rings. The zero-order chi connectivity index (χ0) is 14.7. The van der Waals surface area contributed by atoms with Gasteiger partial charge in [0, 0.05) is 20.2 Å². The normalized spacial score (nSPS) is 18.2. The molecule has 2 aromatic rings. The van der Waals surface area contributed by atoms with Gasteiger partial charge in [-0.25, -0.2) is 0 Å². The van der Waals surface area contributed by atoms with Crippen LogP contribution in [0.25, 0.3) is 0 Å². The number of aromatic nitrogens is 2. The third kappa shape index (κ3) is 3.12. The Hall–Kier alpha value is -1.76. The molecule has 1 aliphatic rings. The lowest BCUT2D eigenvalue weighted by Gasteiger charge is -2.38. The highest BCUT2D eigenvalue weighted by molar-refractivity contribution is 5.22. The largest absolute Gasteiger partial charge is 0.369 e. The van der Waals surface area contributed by atoms with Gasteiger partial charge in [-0.3, -0.25) is 0 Å². The Kier molecular flexibility index (Phi) is 4.01. The summed E-state index contributed by atoms with van der Waals surface area (Å²) in [6.45, 7) is 4.07. The Morgan fingerprint density at radius 3 is 2.71 bits per heavy atom. The fourth-order valence-corrected chi connectivity index (χ4v) is 2.27. The van der Waals surface area contributed by atoms with E-state index in [2.05, 4.69) is 22.4 Å². The molecule has 2 heterocycles. The van der Waals surface area contributed by atoms with Crippen LogP contribution in [0.5, 0.6) is 0 Å². The van der Waals surface area contributed by atoms with E-state index in [0.717, 1.165) is 18.7 Å². The van der Waals surface area contributed by atoms with Gasteiger partial charge in [-0.2, -0.15) is 4.98 Å². The molecule has 1 atom stereocenters. The average Bonchev–Trinajstić information content (AvgIpc) is 2.94. The summed E-state index contributed by atoms with van der Waals surface area (Å²) in [6, 6.07) is 9.81.